The predicted octanol–water partition coefficient (Wildman–Crippen LogP) is 2.59. The summed E-state index contributed by atoms with van der Waals surface area (Å²) < 4.78 is 7.22. The van der Waals surface area contributed by atoms with Gasteiger partial charge < -0.3 is 14.5 Å². The second kappa shape index (κ2) is 6.93. The number of carbonyl (C=O) groups excluding carboxylic acids is 2. The molecule has 0 aromatic carbocycles. The summed E-state index contributed by atoms with van der Waals surface area (Å²) in [5.41, 5.74) is 1.95. The molecule has 1 unspecified atom stereocenters. The number of nitrogens with zero attached hydrogens (tertiary/aromatic N) is 4. The Labute approximate surface area is 155 Å². The van der Waals surface area contributed by atoms with Crippen LogP contribution in [-0.2, 0) is 24.8 Å². The van der Waals surface area contributed by atoms with E-state index in [-0.39, 0.29) is 12.0 Å². The van der Waals surface area contributed by atoms with Gasteiger partial charge in [0.1, 0.15) is 5.60 Å². The number of carbonyl (C=O) groups is 2. The van der Waals surface area contributed by atoms with Crippen molar-refractivity contribution in [1.82, 2.24) is 19.6 Å². The number of fused-ring (bicyclic) bond motifs is 1. The van der Waals surface area contributed by atoms with Crippen LogP contribution in [0.2, 0.25) is 0 Å². The van der Waals surface area contributed by atoms with Crippen LogP contribution >= 0.6 is 0 Å². The van der Waals surface area contributed by atoms with E-state index in [1.807, 2.05) is 32.7 Å². The normalized spacial score (nSPS) is 20.7. The topological polar surface area (TPSA) is 67.7 Å². The molecule has 2 aliphatic heterocycles. The van der Waals surface area contributed by atoms with Crippen molar-refractivity contribution < 1.29 is 14.3 Å². The Kier molecular flexibility index (Phi) is 4.99. The van der Waals surface area contributed by atoms with E-state index in [1.54, 1.807) is 9.58 Å². The van der Waals surface area contributed by atoms with Crippen LogP contribution in [0.15, 0.2) is 0 Å². The predicted molar refractivity (Wildman–Crippen MR) is 97.9 cm³/mol. The second-order valence-corrected chi connectivity index (χ2v) is 8.55. The first-order valence-electron chi connectivity index (χ1n) is 9.47. The fraction of sp³-hybridized carbons (Fsp3) is 0.737. The van der Waals surface area contributed by atoms with Gasteiger partial charge in [-0.3, -0.25) is 9.48 Å². The molecule has 1 saturated heterocycles. The van der Waals surface area contributed by atoms with Crippen LogP contribution in [0.1, 0.15) is 62.3 Å². The average Bonchev–Trinajstić information content (AvgIpc) is 2.89. The molecule has 26 heavy (non-hydrogen) atoms. The molecule has 144 valence electrons. The SMILES string of the molecule is CC1CCCN(C(=O)c2nn(C)c3c2CCN(C(=O)OC(C)(C)C)C3)C1. The van der Waals surface area contributed by atoms with Crippen molar-refractivity contribution in [2.75, 3.05) is 19.6 Å². The third kappa shape index (κ3) is 3.86. The van der Waals surface area contributed by atoms with Gasteiger partial charge in [-0.2, -0.15) is 5.10 Å². The van der Waals surface area contributed by atoms with Crippen LogP contribution in [0.4, 0.5) is 4.79 Å². The van der Waals surface area contributed by atoms with Crippen molar-refractivity contribution in [3.05, 3.63) is 17.0 Å². The van der Waals surface area contributed by atoms with Gasteiger partial charge in [0.2, 0.25) is 0 Å². The van der Waals surface area contributed by atoms with Crippen molar-refractivity contribution in [1.29, 1.82) is 0 Å². The summed E-state index contributed by atoms with van der Waals surface area (Å²) in [5, 5.41) is 4.51. The maximum absolute atomic E-state index is 13.0. The van der Waals surface area contributed by atoms with Gasteiger partial charge in [0.15, 0.2) is 5.69 Å². The molecule has 7 nitrogen and oxygen atoms in total. The number of piperidine rings is 1. The summed E-state index contributed by atoms with van der Waals surface area (Å²) in [4.78, 5) is 29.0. The zero-order chi connectivity index (χ0) is 19.1. The third-order valence-corrected chi connectivity index (χ3v) is 5.05. The first-order chi connectivity index (χ1) is 12.2. The molecule has 1 aromatic rings. The van der Waals surface area contributed by atoms with Crippen LogP contribution < -0.4 is 0 Å². The van der Waals surface area contributed by atoms with Crippen LogP contribution in [0.5, 0.6) is 0 Å². The van der Waals surface area contributed by atoms with Gasteiger partial charge >= 0.3 is 6.09 Å². The minimum Gasteiger partial charge on any atom is -0.444 e. The van der Waals surface area contributed by atoms with Gasteiger partial charge in [-0.15, -0.1) is 0 Å². The van der Waals surface area contributed by atoms with Gasteiger partial charge in [-0.25, -0.2) is 4.79 Å². The lowest BCUT2D eigenvalue weighted by Gasteiger charge is -2.32. The summed E-state index contributed by atoms with van der Waals surface area (Å²) in [7, 11) is 1.84. The Balaban J connectivity index is 1.77. The Morgan fingerprint density at radius 1 is 1.19 bits per heavy atom. The van der Waals surface area contributed by atoms with Gasteiger partial charge in [0, 0.05) is 32.2 Å². The van der Waals surface area contributed by atoms with Crippen molar-refractivity contribution in [2.24, 2.45) is 13.0 Å². The fourth-order valence-corrected chi connectivity index (χ4v) is 3.75. The lowest BCUT2D eigenvalue weighted by molar-refractivity contribution is 0.0219. The minimum absolute atomic E-state index is 0.0270. The van der Waals surface area contributed by atoms with E-state index < -0.39 is 5.60 Å². The van der Waals surface area contributed by atoms with E-state index >= 15 is 0 Å². The molecule has 7 heteroatoms. The van der Waals surface area contributed by atoms with Crippen LogP contribution in [0.25, 0.3) is 0 Å². The number of ether oxygens (including phenoxy) is 1. The summed E-state index contributed by atoms with van der Waals surface area (Å²) in [6.45, 7) is 10.3. The molecule has 3 rings (SSSR count). The molecule has 1 aromatic heterocycles. The van der Waals surface area contributed by atoms with Crippen molar-refractivity contribution in [3.8, 4) is 0 Å². The highest BCUT2D eigenvalue weighted by Crippen LogP contribution is 2.26. The van der Waals surface area contributed by atoms with E-state index in [1.165, 1.54) is 6.42 Å². The molecule has 2 aliphatic rings. The molecular weight excluding hydrogens is 332 g/mol. The lowest BCUT2D eigenvalue weighted by Crippen LogP contribution is -2.41. The van der Waals surface area contributed by atoms with Crippen molar-refractivity contribution in [3.63, 3.8) is 0 Å². The molecule has 0 saturated carbocycles. The van der Waals surface area contributed by atoms with Crippen molar-refractivity contribution in [2.45, 2.75) is 59.1 Å². The molecule has 1 atom stereocenters. The highest BCUT2D eigenvalue weighted by atomic mass is 16.6. The molecule has 3 heterocycles. The Bertz CT molecular complexity index is 704. The van der Waals surface area contributed by atoms with Crippen LogP contribution in [-0.4, -0.2) is 56.8 Å². The largest absolute Gasteiger partial charge is 0.444 e. The molecule has 0 spiro atoms. The molecule has 1 fully saturated rings. The highest BCUT2D eigenvalue weighted by molar-refractivity contribution is 5.94. The number of rotatable bonds is 1. The minimum atomic E-state index is -0.518. The monoisotopic (exact) mass is 362 g/mol. The van der Waals surface area contributed by atoms with Gasteiger partial charge in [0.05, 0.1) is 12.2 Å². The lowest BCUT2D eigenvalue weighted by atomic mass is 9.99. The number of hydrogen-bond donors (Lipinski definition) is 0. The van der Waals surface area contributed by atoms with Gasteiger partial charge in [-0.05, 0) is 46.0 Å². The Hall–Kier alpha value is -2.05. The number of aromatic nitrogens is 2. The number of hydrogen-bond acceptors (Lipinski definition) is 4. The second-order valence-electron chi connectivity index (χ2n) is 8.55. The van der Waals surface area contributed by atoms with E-state index in [4.69, 9.17) is 4.74 Å². The first-order valence-corrected chi connectivity index (χ1v) is 9.47. The molecule has 0 aliphatic carbocycles. The Morgan fingerprint density at radius 2 is 1.92 bits per heavy atom. The van der Waals surface area contributed by atoms with E-state index in [0.29, 0.717) is 31.1 Å². The van der Waals surface area contributed by atoms with Crippen LogP contribution in [0.3, 0.4) is 0 Å². The number of likely N-dealkylation sites (tertiary alicyclic amines) is 1. The highest BCUT2D eigenvalue weighted by Gasteiger charge is 2.33. The fourth-order valence-electron chi connectivity index (χ4n) is 3.75. The molecule has 0 N–H and O–H groups in total. The van der Waals surface area contributed by atoms with Gasteiger partial charge in [-0.1, -0.05) is 6.92 Å². The van der Waals surface area contributed by atoms with Crippen molar-refractivity contribution >= 4 is 12.0 Å². The molecular formula is C19H30N4O3. The Morgan fingerprint density at radius 3 is 2.58 bits per heavy atom. The maximum Gasteiger partial charge on any atom is 0.410 e. The summed E-state index contributed by atoms with van der Waals surface area (Å²) in [6.07, 6.45) is 2.54. The zero-order valence-electron chi connectivity index (χ0n) is 16.5. The van der Waals surface area contributed by atoms with E-state index in [2.05, 4.69) is 12.0 Å². The van der Waals surface area contributed by atoms with E-state index in [9.17, 15) is 9.59 Å². The zero-order valence-corrected chi connectivity index (χ0v) is 16.5. The van der Waals surface area contributed by atoms with Gasteiger partial charge in [0.25, 0.3) is 5.91 Å². The summed E-state index contributed by atoms with van der Waals surface area (Å²) in [6, 6.07) is 0. The average molecular weight is 362 g/mol. The standard InChI is InChI=1S/C19H30N4O3/c1-13-7-6-9-22(11-13)17(24)16-14-8-10-23(12-15(14)21(5)20-16)18(25)26-19(2,3)4/h13H,6-12H2,1-5H3. The molecule has 0 bridgehead atoms. The molecule has 2 amide bonds. The van der Waals surface area contributed by atoms with E-state index in [0.717, 1.165) is 30.8 Å². The quantitative estimate of drug-likeness (QED) is 0.770. The smallest absolute Gasteiger partial charge is 0.410 e. The number of amides is 2. The molecule has 0 radical (unpaired) electrons. The third-order valence-electron chi connectivity index (χ3n) is 5.05. The summed E-state index contributed by atoms with van der Waals surface area (Å²) in [5.74, 6) is 0.564. The summed E-state index contributed by atoms with van der Waals surface area (Å²) >= 11 is 0. The maximum atomic E-state index is 13.0. The van der Waals surface area contributed by atoms with Crippen LogP contribution in [0, 0.1) is 5.92 Å². The number of aryl methyl sites for hydroxylation is 1. The first kappa shape index (κ1) is 18.7.